The molecule has 0 aromatic heterocycles. The highest BCUT2D eigenvalue weighted by Crippen LogP contribution is 2.25. The molecule has 3 aromatic rings. The van der Waals surface area contributed by atoms with E-state index in [1.54, 1.807) is 36.4 Å². The number of nitrogens with zero attached hydrogens (tertiary/aromatic N) is 1. The molecular weight excluding hydrogens is 395 g/mol. The van der Waals surface area contributed by atoms with Crippen molar-refractivity contribution in [2.24, 2.45) is 0 Å². The molecule has 3 amide bonds. The van der Waals surface area contributed by atoms with Crippen LogP contribution in [0.2, 0.25) is 0 Å². The highest BCUT2D eigenvalue weighted by Gasteiger charge is 2.36. The third-order valence-corrected chi connectivity index (χ3v) is 5.39. The van der Waals surface area contributed by atoms with Gasteiger partial charge in [0.05, 0.1) is 17.2 Å². The second-order valence-electron chi connectivity index (χ2n) is 7.39. The summed E-state index contributed by atoms with van der Waals surface area (Å²) in [5, 5.41) is 2.86. The average Bonchev–Trinajstić information content (AvgIpc) is 3.02. The summed E-state index contributed by atoms with van der Waals surface area (Å²) in [5.41, 5.74) is 3.06. The highest BCUT2D eigenvalue weighted by molar-refractivity contribution is 6.22. The molecule has 0 unspecified atom stereocenters. The lowest BCUT2D eigenvalue weighted by Crippen LogP contribution is -2.41. The van der Waals surface area contributed by atoms with Crippen molar-refractivity contribution in [3.8, 4) is 0 Å². The number of carbonyl (C=O) groups is 3. The van der Waals surface area contributed by atoms with E-state index in [0.717, 1.165) is 22.4 Å². The first-order valence-electron chi connectivity index (χ1n) is 10.1. The van der Waals surface area contributed by atoms with Crippen LogP contribution in [0.5, 0.6) is 0 Å². The minimum atomic E-state index is -0.621. The number of hydrogen-bond acceptors (Lipinski definition) is 3. The second kappa shape index (κ2) is 8.52. The number of amides is 3. The van der Waals surface area contributed by atoms with E-state index in [0.29, 0.717) is 5.56 Å². The molecule has 4 rings (SSSR count). The number of nitrogens with one attached hydrogen (secondary N) is 1. The van der Waals surface area contributed by atoms with Gasteiger partial charge in [0.1, 0.15) is 12.4 Å². The predicted molar refractivity (Wildman–Crippen MR) is 114 cm³/mol. The molecular formula is C25H21FN2O3. The summed E-state index contributed by atoms with van der Waals surface area (Å²) < 4.78 is 13.9. The normalized spacial score (nSPS) is 13.8. The summed E-state index contributed by atoms with van der Waals surface area (Å²) in [7, 11) is 0. The SMILES string of the molecule is CCc1ccc([C@@H](NC(=O)CN2C(=O)c3ccccc3C2=O)c2cccc(F)c2)cc1. The third-order valence-electron chi connectivity index (χ3n) is 5.39. The summed E-state index contributed by atoms with van der Waals surface area (Å²) in [6, 6.07) is 19.5. The van der Waals surface area contributed by atoms with Gasteiger partial charge < -0.3 is 5.32 Å². The lowest BCUT2D eigenvalue weighted by atomic mass is 9.97. The van der Waals surface area contributed by atoms with Crippen molar-refractivity contribution in [1.29, 1.82) is 0 Å². The van der Waals surface area contributed by atoms with Crippen molar-refractivity contribution in [2.75, 3.05) is 6.54 Å². The van der Waals surface area contributed by atoms with E-state index in [2.05, 4.69) is 5.32 Å². The average molecular weight is 416 g/mol. The molecule has 0 radical (unpaired) electrons. The standard InChI is InChI=1S/C25H21FN2O3/c1-2-16-10-12-17(13-11-16)23(18-6-5-7-19(26)14-18)27-22(29)15-28-24(30)20-8-3-4-9-21(20)25(28)31/h3-14,23H,2,15H2,1H3,(H,27,29)/t23-/m1/s1. The van der Waals surface area contributed by atoms with Crippen LogP contribution in [-0.4, -0.2) is 29.2 Å². The van der Waals surface area contributed by atoms with Gasteiger partial charge in [0, 0.05) is 0 Å². The number of rotatable bonds is 6. The van der Waals surface area contributed by atoms with Crippen molar-refractivity contribution in [2.45, 2.75) is 19.4 Å². The molecule has 1 N–H and O–H groups in total. The Hall–Kier alpha value is -3.80. The van der Waals surface area contributed by atoms with E-state index >= 15 is 0 Å². The summed E-state index contributed by atoms with van der Waals surface area (Å²) >= 11 is 0. The molecule has 1 heterocycles. The molecule has 5 nitrogen and oxygen atoms in total. The van der Waals surface area contributed by atoms with E-state index < -0.39 is 36.1 Å². The maximum atomic E-state index is 13.9. The van der Waals surface area contributed by atoms with Gasteiger partial charge in [-0.05, 0) is 47.4 Å². The van der Waals surface area contributed by atoms with Crippen LogP contribution in [0.3, 0.4) is 0 Å². The van der Waals surface area contributed by atoms with Gasteiger partial charge in [0.25, 0.3) is 11.8 Å². The van der Waals surface area contributed by atoms with Crippen LogP contribution in [0, 0.1) is 5.82 Å². The van der Waals surface area contributed by atoms with E-state index in [1.165, 1.54) is 12.1 Å². The molecule has 6 heteroatoms. The lowest BCUT2D eigenvalue weighted by Gasteiger charge is -2.22. The quantitative estimate of drug-likeness (QED) is 0.620. The van der Waals surface area contributed by atoms with Crippen LogP contribution in [0.15, 0.2) is 72.8 Å². The Morgan fingerprint density at radius 3 is 2.13 bits per heavy atom. The topological polar surface area (TPSA) is 66.5 Å². The van der Waals surface area contributed by atoms with Gasteiger partial charge in [-0.1, -0.05) is 55.5 Å². The van der Waals surface area contributed by atoms with Gasteiger partial charge in [0.2, 0.25) is 5.91 Å². The molecule has 3 aromatic carbocycles. The molecule has 31 heavy (non-hydrogen) atoms. The van der Waals surface area contributed by atoms with Crippen molar-refractivity contribution in [3.05, 3.63) is 106 Å². The minimum Gasteiger partial charge on any atom is -0.344 e. The fourth-order valence-corrected chi connectivity index (χ4v) is 3.72. The fraction of sp³-hybridized carbons (Fsp3) is 0.160. The summed E-state index contributed by atoms with van der Waals surface area (Å²) in [6.45, 7) is 1.63. The lowest BCUT2D eigenvalue weighted by molar-refractivity contribution is -0.121. The summed E-state index contributed by atoms with van der Waals surface area (Å²) in [6.07, 6.45) is 0.872. The van der Waals surface area contributed by atoms with Crippen LogP contribution >= 0.6 is 0 Å². The van der Waals surface area contributed by atoms with Crippen LogP contribution in [-0.2, 0) is 11.2 Å². The van der Waals surface area contributed by atoms with Crippen molar-refractivity contribution >= 4 is 17.7 Å². The van der Waals surface area contributed by atoms with E-state index in [1.807, 2.05) is 31.2 Å². The molecule has 1 aliphatic heterocycles. The molecule has 0 spiro atoms. The minimum absolute atomic E-state index is 0.289. The fourth-order valence-electron chi connectivity index (χ4n) is 3.72. The molecule has 0 aliphatic carbocycles. The van der Waals surface area contributed by atoms with Crippen LogP contribution in [0.1, 0.15) is 50.4 Å². The summed E-state index contributed by atoms with van der Waals surface area (Å²) in [5.74, 6) is -1.92. The van der Waals surface area contributed by atoms with Gasteiger partial charge in [-0.3, -0.25) is 19.3 Å². The number of aryl methyl sites for hydroxylation is 1. The van der Waals surface area contributed by atoms with Crippen LogP contribution in [0.25, 0.3) is 0 Å². The Balaban J connectivity index is 1.57. The van der Waals surface area contributed by atoms with E-state index in [-0.39, 0.29) is 11.1 Å². The highest BCUT2D eigenvalue weighted by atomic mass is 19.1. The first-order chi connectivity index (χ1) is 15.0. The molecule has 1 atom stereocenters. The zero-order valence-electron chi connectivity index (χ0n) is 17.0. The molecule has 1 aliphatic rings. The zero-order chi connectivity index (χ0) is 22.0. The Bertz CT molecular complexity index is 1120. The van der Waals surface area contributed by atoms with Crippen molar-refractivity contribution in [1.82, 2.24) is 10.2 Å². The Kier molecular flexibility index (Phi) is 5.62. The van der Waals surface area contributed by atoms with Crippen molar-refractivity contribution in [3.63, 3.8) is 0 Å². The number of imide groups is 1. The van der Waals surface area contributed by atoms with Gasteiger partial charge in [0.15, 0.2) is 0 Å². The summed E-state index contributed by atoms with van der Waals surface area (Å²) in [4.78, 5) is 38.9. The Morgan fingerprint density at radius 2 is 1.55 bits per heavy atom. The smallest absolute Gasteiger partial charge is 0.262 e. The van der Waals surface area contributed by atoms with Crippen LogP contribution in [0.4, 0.5) is 4.39 Å². The second-order valence-corrected chi connectivity index (χ2v) is 7.39. The van der Waals surface area contributed by atoms with Crippen molar-refractivity contribution < 1.29 is 18.8 Å². The van der Waals surface area contributed by atoms with E-state index in [9.17, 15) is 18.8 Å². The third kappa shape index (κ3) is 4.10. The van der Waals surface area contributed by atoms with E-state index in [4.69, 9.17) is 0 Å². The first kappa shape index (κ1) is 20.5. The van der Waals surface area contributed by atoms with Gasteiger partial charge in [-0.15, -0.1) is 0 Å². The largest absolute Gasteiger partial charge is 0.344 e. The molecule has 0 saturated heterocycles. The first-order valence-corrected chi connectivity index (χ1v) is 10.1. The number of carbonyl (C=O) groups excluding carboxylic acids is 3. The molecule has 0 bridgehead atoms. The molecule has 0 fully saturated rings. The van der Waals surface area contributed by atoms with Crippen LogP contribution < -0.4 is 5.32 Å². The molecule has 156 valence electrons. The monoisotopic (exact) mass is 416 g/mol. The maximum absolute atomic E-state index is 13.9. The predicted octanol–water partition coefficient (Wildman–Crippen LogP) is 3.89. The van der Waals surface area contributed by atoms with Gasteiger partial charge >= 0.3 is 0 Å². The number of halogens is 1. The van der Waals surface area contributed by atoms with Gasteiger partial charge in [-0.25, -0.2) is 4.39 Å². The van der Waals surface area contributed by atoms with Gasteiger partial charge in [-0.2, -0.15) is 0 Å². The zero-order valence-corrected chi connectivity index (χ0v) is 17.0. The Labute approximate surface area is 179 Å². The Morgan fingerprint density at radius 1 is 0.903 bits per heavy atom. The number of hydrogen-bond donors (Lipinski definition) is 1. The number of benzene rings is 3. The maximum Gasteiger partial charge on any atom is 0.262 e. The number of fused-ring (bicyclic) bond motifs is 1. The molecule has 0 saturated carbocycles.